The van der Waals surface area contributed by atoms with Crippen molar-refractivity contribution >= 4 is 33.6 Å². The smallest absolute Gasteiger partial charge is 0.124 e. The number of hydrogen-bond donors (Lipinski definition) is 0. The highest BCUT2D eigenvalue weighted by Gasteiger charge is 2.17. The Morgan fingerprint density at radius 3 is 2.60 bits per heavy atom. The monoisotopic (exact) mass is 307 g/mol. The van der Waals surface area contributed by atoms with E-state index in [9.17, 15) is 0 Å². The SMILES string of the molecule is c1ccc(N2CCN(CCSC3=NCCS3)CC2)cc1. The van der Waals surface area contributed by atoms with Gasteiger partial charge in [0, 0.05) is 49.9 Å². The lowest BCUT2D eigenvalue weighted by molar-refractivity contribution is 0.273. The zero-order valence-electron chi connectivity index (χ0n) is 11.7. The summed E-state index contributed by atoms with van der Waals surface area (Å²) in [7, 11) is 0. The number of rotatable bonds is 4. The summed E-state index contributed by atoms with van der Waals surface area (Å²) in [5, 5.41) is 0. The Morgan fingerprint density at radius 1 is 1.10 bits per heavy atom. The fourth-order valence-electron chi connectivity index (χ4n) is 2.53. The van der Waals surface area contributed by atoms with Gasteiger partial charge in [0.2, 0.25) is 0 Å². The fraction of sp³-hybridized carbons (Fsp3) is 0.533. The maximum absolute atomic E-state index is 4.49. The van der Waals surface area contributed by atoms with Gasteiger partial charge in [0.1, 0.15) is 4.38 Å². The third-order valence-electron chi connectivity index (χ3n) is 3.68. The molecule has 0 aromatic heterocycles. The van der Waals surface area contributed by atoms with E-state index in [4.69, 9.17) is 0 Å². The minimum absolute atomic E-state index is 1.02. The number of nitrogens with zero attached hydrogens (tertiary/aromatic N) is 3. The van der Waals surface area contributed by atoms with Gasteiger partial charge >= 0.3 is 0 Å². The normalized spacial score (nSPS) is 20.2. The second-order valence-corrected chi connectivity index (χ2v) is 7.43. The van der Waals surface area contributed by atoms with Gasteiger partial charge in [0.15, 0.2) is 0 Å². The summed E-state index contributed by atoms with van der Waals surface area (Å²) in [6.07, 6.45) is 0. The molecule has 0 saturated carbocycles. The van der Waals surface area contributed by atoms with Crippen molar-refractivity contribution in [3.8, 4) is 0 Å². The lowest BCUT2D eigenvalue weighted by Gasteiger charge is -2.36. The van der Waals surface area contributed by atoms with Crippen LogP contribution in [-0.2, 0) is 0 Å². The fourth-order valence-corrected chi connectivity index (χ4v) is 4.61. The number of anilines is 1. The van der Waals surface area contributed by atoms with Crippen molar-refractivity contribution in [3.05, 3.63) is 30.3 Å². The number of benzene rings is 1. The van der Waals surface area contributed by atoms with E-state index >= 15 is 0 Å². The van der Waals surface area contributed by atoms with Gasteiger partial charge in [-0.15, -0.1) is 0 Å². The van der Waals surface area contributed by atoms with Crippen LogP contribution in [0.15, 0.2) is 35.3 Å². The van der Waals surface area contributed by atoms with Crippen molar-refractivity contribution in [1.82, 2.24) is 4.90 Å². The molecule has 1 fully saturated rings. The predicted molar refractivity (Wildman–Crippen MR) is 92.3 cm³/mol. The van der Waals surface area contributed by atoms with E-state index < -0.39 is 0 Å². The van der Waals surface area contributed by atoms with Crippen LogP contribution < -0.4 is 4.90 Å². The minimum atomic E-state index is 1.02. The van der Waals surface area contributed by atoms with E-state index in [-0.39, 0.29) is 0 Å². The summed E-state index contributed by atoms with van der Waals surface area (Å²) in [6, 6.07) is 10.7. The second-order valence-electron chi connectivity index (χ2n) is 5.01. The molecule has 0 unspecified atom stereocenters. The molecular formula is C15H21N3S2. The predicted octanol–water partition coefficient (Wildman–Crippen LogP) is 2.64. The highest BCUT2D eigenvalue weighted by Crippen LogP contribution is 2.22. The highest BCUT2D eigenvalue weighted by molar-refractivity contribution is 8.39. The number of thioether (sulfide) groups is 2. The molecule has 0 amide bonds. The van der Waals surface area contributed by atoms with Gasteiger partial charge in [-0.25, -0.2) is 0 Å². The molecule has 1 aromatic carbocycles. The van der Waals surface area contributed by atoms with Crippen LogP contribution in [0.5, 0.6) is 0 Å². The molecular weight excluding hydrogens is 286 g/mol. The van der Waals surface area contributed by atoms with Gasteiger partial charge in [0.05, 0.1) is 6.54 Å². The van der Waals surface area contributed by atoms with E-state index in [0.29, 0.717) is 0 Å². The first-order chi connectivity index (χ1) is 9.92. The van der Waals surface area contributed by atoms with E-state index in [0.717, 1.165) is 19.6 Å². The summed E-state index contributed by atoms with van der Waals surface area (Å²) >= 11 is 3.85. The lowest BCUT2D eigenvalue weighted by Crippen LogP contribution is -2.47. The molecule has 0 aliphatic carbocycles. The Balaban J connectivity index is 1.38. The number of para-hydroxylation sites is 1. The maximum atomic E-state index is 4.49. The van der Waals surface area contributed by atoms with Gasteiger partial charge in [-0.3, -0.25) is 9.89 Å². The van der Waals surface area contributed by atoms with Crippen molar-refractivity contribution in [2.24, 2.45) is 4.99 Å². The van der Waals surface area contributed by atoms with E-state index in [1.807, 2.05) is 23.5 Å². The average molecular weight is 307 g/mol. The summed E-state index contributed by atoms with van der Waals surface area (Å²) in [6.45, 7) is 6.84. The molecule has 5 heteroatoms. The average Bonchev–Trinajstić information content (AvgIpc) is 3.02. The molecule has 0 N–H and O–H groups in total. The first-order valence-electron chi connectivity index (χ1n) is 7.24. The van der Waals surface area contributed by atoms with Crippen LogP contribution in [-0.4, -0.2) is 60.0 Å². The molecule has 1 aromatic rings. The van der Waals surface area contributed by atoms with Crippen LogP contribution in [0.3, 0.4) is 0 Å². The van der Waals surface area contributed by atoms with Gasteiger partial charge in [-0.05, 0) is 12.1 Å². The maximum Gasteiger partial charge on any atom is 0.124 e. The number of aliphatic imine (C=N–C) groups is 1. The molecule has 0 radical (unpaired) electrons. The molecule has 2 aliphatic heterocycles. The van der Waals surface area contributed by atoms with Crippen molar-refractivity contribution in [1.29, 1.82) is 0 Å². The first-order valence-corrected chi connectivity index (χ1v) is 9.21. The number of piperazine rings is 1. The summed E-state index contributed by atoms with van der Waals surface area (Å²) in [5.41, 5.74) is 1.36. The van der Waals surface area contributed by atoms with Crippen molar-refractivity contribution in [3.63, 3.8) is 0 Å². The summed E-state index contributed by atoms with van der Waals surface area (Å²) in [5.74, 6) is 2.36. The van der Waals surface area contributed by atoms with Gasteiger partial charge in [0.25, 0.3) is 0 Å². The Labute approximate surface area is 129 Å². The second kappa shape index (κ2) is 7.38. The van der Waals surface area contributed by atoms with Crippen LogP contribution in [0.1, 0.15) is 0 Å². The topological polar surface area (TPSA) is 18.8 Å². The summed E-state index contributed by atoms with van der Waals surface area (Å²) in [4.78, 5) is 9.55. The molecule has 3 rings (SSSR count). The quantitative estimate of drug-likeness (QED) is 0.851. The van der Waals surface area contributed by atoms with E-state index in [1.54, 1.807) is 0 Å². The van der Waals surface area contributed by atoms with Crippen LogP contribution in [0.4, 0.5) is 5.69 Å². The molecule has 2 aliphatic rings. The lowest BCUT2D eigenvalue weighted by atomic mass is 10.2. The Morgan fingerprint density at radius 2 is 1.90 bits per heavy atom. The molecule has 3 nitrogen and oxygen atoms in total. The molecule has 2 heterocycles. The number of hydrogen-bond acceptors (Lipinski definition) is 5. The van der Waals surface area contributed by atoms with E-state index in [1.165, 1.54) is 41.2 Å². The molecule has 0 atom stereocenters. The van der Waals surface area contributed by atoms with E-state index in [2.05, 4.69) is 45.1 Å². The highest BCUT2D eigenvalue weighted by atomic mass is 32.2. The third-order valence-corrected chi connectivity index (χ3v) is 5.92. The summed E-state index contributed by atoms with van der Waals surface area (Å²) < 4.78 is 1.30. The molecule has 0 bridgehead atoms. The molecule has 0 spiro atoms. The molecule has 1 saturated heterocycles. The van der Waals surface area contributed by atoms with Crippen molar-refractivity contribution in [2.45, 2.75) is 0 Å². The standard InChI is InChI=1S/C15H21N3S2/c1-2-4-14(5-3-1)18-9-7-17(8-10-18)11-13-20-15-16-6-12-19-15/h1-5H,6-13H2. The third kappa shape index (κ3) is 3.93. The van der Waals surface area contributed by atoms with Gasteiger partial charge in [-0.2, -0.15) is 0 Å². The van der Waals surface area contributed by atoms with Gasteiger partial charge < -0.3 is 4.90 Å². The van der Waals surface area contributed by atoms with Crippen LogP contribution >= 0.6 is 23.5 Å². The van der Waals surface area contributed by atoms with Gasteiger partial charge in [-0.1, -0.05) is 41.7 Å². The minimum Gasteiger partial charge on any atom is -0.369 e. The zero-order chi connectivity index (χ0) is 13.6. The Bertz CT molecular complexity index is 442. The Kier molecular flexibility index (Phi) is 5.28. The van der Waals surface area contributed by atoms with Crippen molar-refractivity contribution in [2.75, 3.05) is 55.7 Å². The molecule has 20 heavy (non-hydrogen) atoms. The van der Waals surface area contributed by atoms with Crippen LogP contribution in [0.2, 0.25) is 0 Å². The van der Waals surface area contributed by atoms with Crippen LogP contribution in [0.25, 0.3) is 0 Å². The zero-order valence-corrected chi connectivity index (χ0v) is 13.3. The largest absolute Gasteiger partial charge is 0.369 e. The Hall–Kier alpha value is -0.650. The van der Waals surface area contributed by atoms with Crippen molar-refractivity contribution < 1.29 is 0 Å². The first kappa shape index (κ1) is 14.3. The molecule has 108 valence electrons. The van der Waals surface area contributed by atoms with Crippen LogP contribution in [0, 0.1) is 0 Å².